The summed E-state index contributed by atoms with van der Waals surface area (Å²) in [6.45, 7) is 8.85. The molecule has 0 atom stereocenters. The van der Waals surface area contributed by atoms with Crippen molar-refractivity contribution in [3.05, 3.63) is 80.6 Å². The zero-order valence-electron chi connectivity index (χ0n) is 27.8. The van der Waals surface area contributed by atoms with Gasteiger partial charge >= 0.3 is 0 Å². The Morgan fingerprint density at radius 2 is 1.18 bits per heavy atom. The predicted molar refractivity (Wildman–Crippen MR) is 207 cm³/mol. The highest BCUT2D eigenvalue weighted by atomic mass is 32.2. The van der Waals surface area contributed by atoms with Crippen LogP contribution in [0.5, 0.6) is 0 Å². The normalized spacial score (nSPS) is 18.8. The van der Waals surface area contributed by atoms with E-state index in [1.807, 2.05) is 79.4 Å². The molecule has 0 spiro atoms. The van der Waals surface area contributed by atoms with Crippen LogP contribution in [0.25, 0.3) is 12.2 Å². The smallest absolute Gasteiger partial charge is 0.266 e. The molecule has 0 bridgehead atoms. The fraction of sp³-hybridized carbons (Fsp3) is 0.389. The van der Waals surface area contributed by atoms with Crippen LogP contribution in [-0.2, 0) is 19.2 Å². The first kappa shape index (κ1) is 36.9. The monoisotopic (exact) mass is 735 g/mol. The number of nitrogens with zero attached hydrogens (tertiary/aromatic N) is 4. The molecule has 3 aliphatic heterocycles. The number of hydrogen-bond donors (Lipinski definition) is 1. The molecule has 3 saturated heterocycles. The number of thioether (sulfide) groups is 2. The van der Waals surface area contributed by atoms with Gasteiger partial charge in [0, 0.05) is 65.2 Å². The van der Waals surface area contributed by atoms with E-state index in [1.54, 1.807) is 9.80 Å². The van der Waals surface area contributed by atoms with Gasteiger partial charge in [0.25, 0.3) is 11.8 Å². The lowest BCUT2D eigenvalue weighted by atomic mass is 10.1. The minimum Gasteiger partial charge on any atom is -0.355 e. The fourth-order valence-electron chi connectivity index (χ4n) is 5.62. The lowest BCUT2D eigenvalue weighted by molar-refractivity contribution is -0.133. The second-order valence-electron chi connectivity index (χ2n) is 12.3. The third-order valence-electron chi connectivity index (χ3n) is 8.53. The van der Waals surface area contributed by atoms with Gasteiger partial charge in [-0.25, -0.2) is 0 Å². The van der Waals surface area contributed by atoms with Gasteiger partial charge in [0.2, 0.25) is 11.8 Å². The molecule has 258 valence electrons. The second-order valence-corrected chi connectivity index (χ2v) is 15.6. The SMILES string of the molecule is Cc1ccc(/C=C2\SC(=S)N(CCCC(=O)NCCN3CCN(C(=O)CCCN4C(=O)/C(=C/c5ccc(C)cc5)SC4=S)CC3)C2=O)cc1. The number of nitrogens with one attached hydrogen (secondary N) is 1. The van der Waals surface area contributed by atoms with Crippen LogP contribution in [0.4, 0.5) is 0 Å². The molecular formula is C36H41N5O4S4. The van der Waals surface area contributed by atoms with Gasteiger partial charge in [0.1, 0.15) is 8.64 Å². The zero-order chi connectivity index (χ0) is 34.9. The Balaban J connectivity index is 0.935. The molecule has 4 amide bonds. The Labute approximate surface area is 307 Å². The Hall–Kier alpha value is -3.36. The van der Waals surface area contributed by atoms with Crippen LogP contribution in [0.15, 0.2) is 58.3 Å². The average Bonchev–Trinajstić information content (AvgIpc) is 3.50. The topological polar surface area (TPSA) is 93.3 Å². The standard InChI is InChI=1S/C36H41N5O4S4/c1-25-7-11-27(12-8-25)23-29-33(44)40(35(46)48-29)16-3-5-31(42)37-15-18-38-19-21-39(22-20-38)32(43)6-4-17-41-34(45)30(49-36(41)47)24-28-13-9-26(2)10-14-28/h7-14,23-24H,3-6,15-22H2,1-2H3,(H,37,42)/b29-23-,30-24-. The maximum Gasteiger partial charge on any atom is 0.266 e. The van der Waals surface area contributed by atoms with Crippen LogP contribution in [0.1, 0.15) is 47.9 Å². The van der Waals surface area contributed by atoms with Crippen molar-refractivity contribution in [2.75, 3.05) is 52.4 Å². The van der Waals surface area contributed by atoms with E-state index in [2.05, 4.69) is 10.2 Å². The van der Waals surface area contributed by atoms with Gasteiger partial charge in [0.15, 0.2) is 0 Å². The van der Waals surface area contributed by atoms with Gasteiger partial charge < -0.3 is 10.2 Å². The first-order valence-corrected chi connectivity index (χ1v) is 18.9. The molecule has 3 heterocycles. The van der Waals surface area contributed by atoms with Crippen LogP contribution in [0.2, 0.25) is 0 Å². The molecule has 2 aromatic carbocycles. The number of hydrogen-bond acceptors (Lipinski definition) is 9. The molecule has 0 aromatic heterocycles. The number of piperazine rings is 1. The number of benzene rings is 2. The Kier molecular flexibility index (Phi) is 13.2. The minimum atomic E-state index is -0.112. The quantitative estimate of drug-likeness (QED) is 0.220. The number of amides is 4. The third kappa shape index (κ3) is 10.3. The number of thiocarbonyl (C=S) groups is 2. The van der Waals surface area contributed by atoms with Gasteiger partial charge in [0.05, 0.1) is 9.81 Å². The maximum atomic E-state index is 12.9. The highest BCUT2D eigenvalue weighted by Crippen LogP contribution is 2.34. The molecule has 9 nitrogen and oxygen atoms in total. The van der Waals surface area contributed by atoms with Gasteiger partial charge in [-0.1, -0.05) is 108 Å². The van der Waals surface area contributed by atoms with Crippen molar-refractivity contribution in [2.24, 2.45) is 0 Å². The molecule has 2 aromatic rings. The molecule has 0 aliphatic carbocycles. The van der Waals surface area contributed by atoms with E-state index >= 15 is 0 Å². The molecule has 49 heavy (non-hydrogen) atoms. The highest BCUT2D eigenvalue weighted by molar-refractivity contribution is 8.27. The maximum absolute atomic E-state index is 12.9. The summed E-state index contributed by atoms with van der Waals surface area (Å²) in [5.41, 5.74) is 4.23. The lowest BCUT2D eigenvalue weighted by Gasteiger charge is -2.34. The minimum absolute atomic E-state index is 0.0541. The Bertz CT molecular complexity index is 1650. The number of carbonyl (C=O) groups excluding carboxylic acids is 4. The first-order valence-electron chi connectivity index (χ1n) is 16.5. The van der Waals surface area contributed by atoms with Crippen LogP contribution in [-0.4, -0.2) is 104 Å². The summed E-state index contributed by atoms with van der Waals surface area (Å²) in [4.78, 5) is 59.7. The van der Waals surface area contributed by atoms with Crippen LogP contribution in [0, 0.1) is 13.8 Å². The molecule has 3 aliphatic rings. The van der Waals surface area contributed by atoms with Crippen molar-refractivity contribution in [1.29, 1.82) is 0 Å². The first-order chi connectivity index (χ1) is 23.6. The van der Waals surface area contributed by atoms with E-state index < -0.39 is 0 Å². The molecule has 1 N–H and O–H groups in total. The number of carbonyl (C=O) groups is 4. The van der Waals surface area contributed by atoms with Crippen molar-refractivity contribution in [2.45, 2.75) is 39.5 Å². The average molecular weight is 736 g/mol. The van der Waals surface area contributed by atoms with E-state index in [-0.39, 0.29) is 23.6 Å². The molecule has 0 radical (unpaired) electrons. The summed E-state index contributed by atoms with van der Waals surface area (Å²) in [5.74, 6) is -0.185. The summed E-state index contributed by atoms with van der Waals surface area (Å²) >= 11 is 13.5. The van der Waals surface area contributed by atoms with Gasteiger partial charge in [-0.2, -0.15) is 0 Å². The van der Waals surface area contributed by atoms with Gasteiger partial charge in [-0.15, -0.1) is 0 Å². The molecule has 0 saturated carbocycles. The molecule has 0 unspecified atom stereocenters. The van der Waals surface area contributed by atoms with E-state index in [9.17, 15) is 19.2 Å². The summed E-state index contributed by atoms with van der Waals surface area (Å²) < 4.78 is 1.05. The highest BCUT2D eigenvalue weighted by Gasteiger charge is 2.33. The lowest BCUT2D eigenvalue weighted by Crippen LogP contribution is -2.50. The predicted octanol–water partition coefficient (Wildman–Crippen LogP) is 5.23. The van der Waals surface area contributed by atoms with Gasteiger partial charge in [-0.3, -0.25) is 33.9 Å². The second kappa shape index (κ2) is 17.5. The molecule has 3 fully saturated rings. The van der Waals surface area contributed by atoms with Crippen LogP contribution < -0.4 is 5.32 Å². The van der Waals surface area contributed by atoms with E-state index in [1.165, 1.54) is 23.5 Å². The largest absolute Gasteiger partial charge is 0.355 e. The zero-order valence-corrected chi connectivity index (χ0v) is 31.1. The van der Waals surface area contributed by atoms with E-state index in [0.29, 0.717) is 83.4 Å². The summed E-state index contributed by atoms with van der Waals surface area (Å²) in [6, 6.07) is 16.0. The van der Waals surface area contributed by atoms with Crippen LogP contribution in [0.3, 0.4) is 0 Å². The Morgan fingerprint density at radius 3 is 1.67 bits per heavy atom. The summed E-state index contributed by atoms with van der Waals surface area (Å²) in [7, 11) is 0. The van der Waals surface area contributed by atoms with Crippen molar-refractivity contribution >= 4 is 92.4 Å². The molecular weight excluding hydrogens is 695 g/mol. The van der Waals surface area contributed by atoms with Crippen molar-refractivity contribution in [3.8, 4) is 0 Å². The van der Waals surface area contributed by atoms with Gasteiger partial charge in [-0.05, 0) is 50.0 Å². The molecule has 5 rings (SSSR count). The number of aryl methyl sites for hydroxylation is 2. The fourth-order valence-corrected chi connectivity index (χ4v) is 8.24. The summed E-state index contributed by atoms with van der Waals surface area (Å²) in [5, 5.41) is 2.98. The number of rotatable bonds is 13. The summed E-state index contributed by atoms with van der Waals surface area (Å²) in [6.07, 6.45) is 5.48. The van der Waals surface area contributed by atoms with E-state index in [0.717, 1.165) is 35.3 Å². The van der Waals surface area contributed by atoms with Crippen molar-refractivity contribution in [3.63, 3.8) is 0 Å². The van der Waals surface area contributed by atoms with E-state index in [4.69, 9.17) is 24.4 Å². The van der Waals surface area contributed by atoms with Crippen molar-refractivity contribution < 1.29 is 19.2 Å². The third-order valence-corrected chi connectivity index (χ3v) is 11.3. The van der Waals surface area contributed by atoms with Crippen molar-refractivity contribution in [1.82, 2.24) is 24.9 Å². The Morgan fingerprint density at radius 1 is 0.714 bits per heavy atom. The molecule has 13 heteroatoms. The van der Waals surface area contributed by atoms with Crippen LogP contribution >= 0.6 is 48.0 Å².